The van der Waals surface area contributed by atoms with Crippen molar-refractivity contribution in [2.75, 3.05) is 13.2 Å². The third-order valence-electron chi connectivity index (χ3n) is 1.77. The maximum absolute atomic E-state index is 13.1. The SMILES string of the molecule is FC(=CI)c1cc2c(cn1)OCCO2. The van der Waals surface area contributed by atoms with Crippen molar-refractivity contribution in [2.24, 2.45) is 0 Å². The molecule has 1 aromatic rings. The second-order valence-corrected chi connectivity index (χ2v) is 3.29. The zero-order chi connectivity index (χ0) is 9.97. The first-order valence-corrected chi connectivity index (χ1v) is 5.27. The van der Waals surface area contributed by atoms with Gasteiger partial charge in [0, 0.05) is 10.1 Å². The number of hydrogen-bond donors (Lipinski definition) is 0. The van der Waals surface area contributed by atoms with Crippen LogP contribution in [0.4, 0.5) is 4.39 Å². The summed E-state index contributed by atoms with van der Waals surface area (Å²) in [6, 6.07) is 1.54. The Bertz CT molecular complexity index is 381. The summed E-state index contributed by atoms with van der Waals surface area (Å²) < 4.78 is 25.0. The Balaban J connectivity index is 2.38. The first kappa shape index (κ1) is 9.70. The fourth-order valence-electron chi connectivity index (χ4n) is 1.14. The van der Waals surface area contributed by atoms with Gasteiger partial charge in [-0.15, -0.1) is 0 Å². The molecule has 0 atom stereocenters. The van der Waals surface area contributed by atoms with Gasteiger partial charge in [-0.3, -0.25) is 0 Å². The number of fused-ring (bicyclic) bond motifs is 1. The smallest absolute Gasteiger partial charge is 0.179 e. The highest BCUT2D eigenvalue weighted by Gasteiger charge is 2.13. The third-order valence-corrected chi connectivity index (χ3v) is 2.32. The van der Waals surface area contributed by atoms with Gasteiger partial charge >= 0.3 is 0 Å². The summed E-state index contributed by atoms with van der Waals surface area (Å²) in [5, 5.41) is 0. The van der Waals surface area contributed by atoms with Gasteiger partial charge in [0.15, 0.2) is 17.3 Å². The van der Waals surface area contributed by atoms with Crippen LogP contribution in [0.5, 0.6) is 11.5 Å². The lowest BCUT2D eigenvalue weighted by molar-refractivity contribution is 0.170. The Morgan fingerprint density at radius 2 is 2.14 bits per heavy atom. The molecule has 1 aliphatic rings. The van der Waals surface area contributed by atoms with E-state index in [4.69, 9.17) is 9.47 Å². The van der Waals surface area contributed by atoms with Crippen molar-refractivity contribution in [3.05, 3.63) is 22.0 Å². The fraction of sp³-hybridized carbons (Fsp3) is 0.222. The highest BCUT2D eigenvalue weighted by atomic mass is 127. The molecule has 3 nitrogen and oxygen atoms in total. The number of ether oxygens (including phenoxy) is 2. The third kappa shape index (κ3) is 1.82. The predicted molar refractivity (Wildman–Crippen MR) is 58.3 cm³/mol. The van der Waals surface area contributed by atoms with Gasteiger partial charge in [-0.2, -0.15) is 0 Å². The van der Waals surface area contributed by atoms with Crippen LogP contribution in [0, 0.1) is 0 Å². The van der Waals surface area contributed by atoms with Crippen LogP contribution < -0.4 is 9.47 Å². The molecular formula is C9H7FINO2. The van der Waals surface area contributed by atoms with E-state index in [-0.39, 0.29) is 11.5 Å². The number of hydrogen-bond acceptors (Lipinski definition) is 3. The van der Waals surface area contributed by atoms with Crippen LogP contribution in [-0.4, -0.2) is 18.2 Å². The maximum atomic E-state index is 13.1. The van der Waals surface area contributed by atoms with Crippen molar-refractivity contribution < 1.29 is 13.9 Å². The summed E-state index contributed by atoms with van der Waals surface area (Å²) in [4.78, 5) is 3.91. The average molecular weight is 307 g/mol. The monoisotopic (exact) mass is 307 g/mol. The Morgan fingerprint density at radius 3 is 2.86 bits per heavy atom. The summed E-state index contributed by atoms with van der Waals surface area (Å²) in [7, 11) is 0. The molecule has 2 rings (SSSR count). The lowest BCUT2D eigenvalue weighted by Gasteiger charge is -2.17. The van der Waals surface area contributed by atoms with Gasteiger partial charge in [0.2, 0.25) is 0 Å². The Hall–Kier alpha value is -0.850. The molecule has 0 N–H and O–H groups in total. The molecule has 0 amide bonds. The van der Waals surface area contributed by atoms with E-state index in [0.717, 1.165) is 0 Å². The summed E-state index contributed by atoms with van der Waals surface area (Å²) in [6.07, 6.45) is 1.48. The van der Waals surface area contributed by atoms with Gasteiger partial charge < -0.3 is 9.47 Å². The number of aromatic nitrogens is 1. The second kappa shape index (κ2) is 4.12. The Labute approximate surface area is 94.1 Å². The highest BCUT2D eigenvalue weighted by molar-refractivity contribution is 14.1. The molecule has 1 aliphatic heterocycles. The fourth-order valence-corrected chi connectivity index (χ4v) is 1.45. The molecular weight excluding hydrogens is 300 g/mol. The topological polar surface area (TPSA) is 31.4 Å². The molecule has 0 fully saturated rings. The quantitative estimate of drug-likeness (QED) is 0.747. The van der Waals surface area contributed by atoms with Crippen LogP contribution in [0.15, 0.2) is 16.3 Å². The number of pyridine rings is 1. The van der Waals surface area contributed by atoms with Crippen LogP contribution >= 0.6 is 22.6 Å². The summed E-state index contributed by atoms with van der Waals surface area (Å²) in [5.74, 6) is 0.749. The van der Waals surface area contributed by atoms with Crippen molar-refractivity contribution in [3.63, 3.8) is 0 Å². The van der Waals surface area contributed by atoms with Gasteiger partial charge in [0.1, 0.15) is 18.9 Å². The number of halogens is 2. The molecule has 1 aromatic heterocycles. The molecule has 0 unspecified atom stereocenters. The van der Waals surface area contributed by atoms with Crippen molar-refractivity contribution in [1.82, 2.24) is 4.98 Å². The summed E-state index contributed by atoms with van der Waals surface area (Å²) in [5.41, 5.74) is 0.267. The van der Waals surface area contributed by atoms with Gasteiger partial charge in [0.25, 0.3) is 0 Å². The summed E-state index contributed by atoms with van der Waals surface area (Å²) in [6.45, 7) is 1.00. The van der Waals surface area contributed by atoms with Crippen LogP contribution in [-0.2, 0) is 0 Å². The summed E-state index contributed by atoms with van der Waals surface area (Å²) >= 11 is 1.82. The Kier molecular flexibility index (Phi) is 2.85. The van der Waals surface area contributed by atoms with Crippen LogP contribution in [0.2, 0.25) is 0 Å². The van der Waals surface area contributed by atoms with Crippen LogP contribution in [0.3, 0.4) is 0 Å². The van der Waals surface area contributed by atoms with Crippen LogP contribution in [0.25, 0.3) is 5.83 Å². The molecule has 0 aliphatic carbocycles. The molecule has 5 heteroatoms. The van der Waals surface area contributed by atoms with Gasteiger partial charge in [-0.25, -0.2) is 9.37 Å². The lowest BCUT2D eigenvalue weighted by atomic mass is 10.3. The largest absolute Gasteiger partial charge is 0.486 e. The second-order valence-electron chi connectivity index (χ2n) is 2.67. The van der Waals surface area contributed by atoms with Gasteiger partial charge in [0.05, 0.1) is 6.20 Å². The van der Waals surface area contributed by atoms with E-state index in [2.05, 4.69) is 4.98 Å². The molecule has 0 bridgehead atoms. The van der Waals surface area contributed by atoms with Crippen molar-refractivity contribution >= 4 is 28.4 Å². The van der Waals surface area contributed by atoms with Crippen molar-refractivity contribution in [1.29, 1.82) is 0 Å². The minimum Gasteiger partial charge on any atom is -0.486 e. The normalized spacial score (nSPS) is 15.4. The minimum absolute atomic E-state index is 0.267. The molecule has 14 heavy (non-hydrogen) atoms. The first-order valence-electron chi connectivity index (χ1n) is 4.03. The van der Waals surface area contributed by atoms with E-state index >= 15 is 0 Å². The van der Waals surface area contributed by atoms with E-state index in [1.807, 2.05) is 22.6 Å². The zero-order valence-corrected chi connectivity index (χ0v) is 9.32. The van der Waals surface area contributed by atoms with E-state index < -0.39 is 0 Å². The molecule has 74 valence electrons. The highest BCUT2D eigenvalue weighted by Crippen LogP contribution is 2.31. The van der Waals surface area contributed by atoms with Crippen LogP contribution in [0.1, 0.15) is 5.69 Å². The molecule has 2 heterocycles. The molecule has 0 radical (unpaired) electrons. The minimum atomic E-state index is -0.373. The van der Waals surface area contributed by atoms with E-state index in [0.29, 0.717) is 24.7 Å². The molecule has 0 saturated carbocycles. The number of rotatable bonds is 1. The lowest BCUT2D eigenvalue weighted by Crippen LogP contribution is -2.15. The van der Waals surface area contributed by atoms with Gasteiger partial charge in [-0.05, 0) is 22.6 Å². The first-order chi connectivity index (χ1) is 6.81. The van der Waals surface area contributed by atoms with E-state index in [9.17, 15) is 4.39 Å². The molecule has 0 saturated heterocycles. The van der Waals surface area contributed by atoms with E-state index in [1.54, 1.807) is 6.07 Å². The Morgan fingerprint density at radius 1 is 1.43 bits per heavy atom. The number of nitrogens with zero attached hydrogens (tertiary/aromatic N) is 1. The molecule has 0 spiro atoms. The zero-order valence-electron chi connectivity index (χ0n) is 7.17. The molecule has 0 aromatic carbocycles. The van der Waals surface area contributed by atoms with Crippen molar-refractivity contribution in [2.45, 2.75) is 0 Å². The average Bonchev–Trinajstić information content (AvgIpc) is 2.27. The van der Waals surface area contributed by atoms with Gasteiger partial charge in [-0.1, -0.05) is 0 Å². The van der Waals surface area contributed by atoms with E-state index in [1.165, 1.54) is 10.3 Å². The maximum Gasteiger partial charge on any atom is 0.179 e. The standard InChI is InChI=1S/C9H7FINO2/c10-6(4-11)7-3-8-9(5-12-7)14-2-1-13-8/h3-5H,1-2H2. The predicted octanol–water partition coefficient (Wildman–Crippen LogP) is 2.56. The van der Waals surface area contributed by atoms with Crippen molar-refractivity contribution in [3.8, 4) is 11.5 Å².